The largest absolute Gasteiger partial charge is 0.495 e. The number of nitrogens with zero attached hydrogens (tertiary/aromatic N) is 3. The van der Waals surface area contributed by atoms with Gasteiger partial charge in [-0.2, -0.15) is 0 Å². The van der Waals surface area contributed by atoms with Gasteiger partial charge in [0.2, 0.25) is 6.79 Å². The van der Waals surface area contributed by atoms with Gasteiger partial charge in [0.05, 0.1) is 18.5 Å². The second-order valence-electron chi connectivity index (χ2n) is 8.06. The topological polar surface area (TPSA) is 101 Å². The van der Waals surface area contributed by atoms with Crippen molar-refractivity contribution in [3.63, 3.8) is 0 Å². The van der Waals surface area contributed by atoms with E-state index in [-0.39, 0.29) is 23.9 Å². The molecule has 33 heavy (non-hydrogen) atoms. The van der Waals surface area contributed by atoms with E-state index in [4.69, 9.17) is 14.2 Å². The van der Waals surface area contributed by atoms with Crippen LogP contribution in [0.15, 0.2) is 41.3 Å². The zero-order valence-electron chi connectivity index (χ0n) is 18.3. The number of nitrogens with one attached hydrogen (secondary N) is 1. The summed E-state index contributed by atoms with van der Waals surface area (Å²) in [5.74, 6) is 1.64. The Balaban J connectivity index is 1.18. The standard InChI is InChI=1S/C22H26N4O6S/c1-30-18-6-3-2-5-17(18)25-11-9-24(10-12-25)7-4-8-26-22(27)23-16-13-19-20(32-15-31-19)14-21(16)33(26,28)29/h2-3,5-6,13-14H,4,7-12,15H2,1H3,(H,23,27). The summed E-state index contributed by atoms with van der Waals surface area (Å²) in [7, 11) is -2.29. The molecule has 0 bridgehead atoms. The Morgan fingerprint density at radius 1 is 1.03 bits per heavy atom. The van der Waals surface area contributed by atoms with Crippen molar-refractivity contribution in [1.29, 1.82) is 0 Å². The molecule has 3 aliphatic heterocycles. The van der Waals surface area contributed by atoms with E-state index in [1.165, 1.54) is 12.1 Å². The molecular formula is C22H26N4O6S. The first kappa shape index (κ1) is 21.7. The number of hydrogen-bond acceptors (Lipinski definition) is 8. The Hall–Kier alpha value is -3.18. The van der Waals surface area contributed by atoms with Crippen LogP contribution in [0.2, 0.25) is 0 Å². The molecule has 1 fully saturated rings. The van der Waals surface area contributed by atoms with E-state index in [0.29, 0.717) is 24.5 Å². The summed E-state index contributed by atoms with van der Waals surface area (Å²) in [5.41, 5.74) is 1.29. The number of methoxy groups -OCH3 is 1. The van der Waals surface area contributed by atoms with Crippen molar-refractivity contribution in [2.75, 3.05) is 63.4 Å². The van der Waals surface area contributed by atoms with Gasteiger partial charge in [-0.1, -0.05) is 12.1 Å². The van der Waals surface area contributed by atoms with Crippen LogP contribution in [0, 0.1) is 0 Å². The van der Waals surface area contributed by atoms with Gasteiger partial charge in [0.25, 0.3) is 10.0 Å². The first-order chi connectivity index (χ1) is 16.0. The van der Waals surface area contributed by atoms with Crippen LogP contribution in [0.25, 0.3) is 0 Å². The summed E-state index contributed by atoms with van der Waals surface area (Å²) < 4.78 is 43.1. The number of carbonyl (C=O) groups is 1. The molecule has 5 rings (SSSR count). The van der Waals surface area contributed by atoms with Crippen LogP contribution in [-0.4, -0.2) is 76.8 Å². The van der Waals surface area contributed by atoms with Crippen LogP contribution < -0.4 is 24.4 Å². The molecule has 3 heterocycles. The highest BCUT2D eigenvalue weighted by Gasteiger charge is 2.38. The third-order valence-electron chi connectivity index (χ3n) is 6.14. The maximum Gasteiger partial charge on any atom is 0.335 e. The molecule has 1 saturated heterocycles. The summed E-state index contributed by atoms with van der Waals surface area (Å²) >= 11 is 0. The number of amides is 2. The van der Waals surface area contributed by atoms with Gasteiger partial charge in [-0.3, -0.25) is 4.90 Å². The smallest absolute Gasteiger partial charge is 0.335 e. The molecule has 3 aliphatic rings. The van der Waals surface area contributed by atoms with E-state index in [1.54, 1.807) is 7.11 Å². The lowest BCUT2D eigenvalue weighted by Gasteiger charge is -2.37. The van der Waals surface area contributed by atoms with Gasteiger partial charge in [-0.05, 0) is 18.6 Å². The minimum absolute atomic E-state index is 0.0248. The molecule has 1 N–H and O–H groups in total. The maximum absolute atomic E-state index is 13.1. The summed E-state index contributed by atoms with van der Waals surface area (Å²) in [6.07, 6.45) is 0.543. The monoisotopic (exact) mass is 474 g/mol. The molecule has 10 nitrogen and oxygen atoms in total. The first-order valence-corrected chi connectivity index (χ1v) is 12.3. The number of sulfonamides is 1. The van der Waals surface area contributed by atoms with Gasteiger partial charge in [0.1, 0.15) is 10.6 Å². The SMILES string of the molecule is COc1ccccc1N1CCN(CCCN2C(=O)Nc3cc4c(cc3S2(=O)=O)OCO4)CC1. The molecular weight excluding hydrogens is 448 g/mol. The number of urea groups is 1. The van der Waals surface area contributed by atoms with Gasteiger partial charge in [-0.25, -0.2) is 17.5 Å². The number of anilines is 2. The molecule has 0 unspecified atom stereocenters. The third-order valence-corrected chi connectivity index (χ3v) is 7.97. The number of hydrogen-bond donors (Lipinski definition) is 1. The van der Waals surface area contributed by atoms with Crippen molar-refractivity contribution < 1.29 is 27.4 Å². The number of rotatable bonds is 6. The van der Waals surface area contributed by atoms with Crippen molar-refractivity contribution in [3.8, 4) is 17.2 Å². The zero-order chi connectivity index (χ0) is 23.0. The average Bonchev–Trinajstić information content (AvgIpc) is 3.28. The molecule has 0 aromatic heterocycles. The van der Waals surface area contributed by atoms with Gasteiger partial charge in [0, 0.05) is 51.4 Å². The predicted molar refractivity (Wildman–Crippen MR) is 122 cm³/mol. The Kier molecular flexibility index (Phi) is 5.67. The summed E-state index contributed by atoms with van der Waals surface area (Å²) in [6, 6.07) is 10.2. The van der Waals surface area contributed by atoms with E-state index in [2.05, 4.69) is 21.2 Å². The highest BCUT2D eigenvalue weighted by atomic mass is 32.2. The first-order valence-electron chi connectivity index (χ1n) is 10.8. The average molecular weight is 475 g/mol. The van der Waals surface area contributed by atoms with Gasteiger partial charge in [0.15, 0.2) is 11.5 Å². The normalized spacial score (nSPS) is 19.2. The van der Waals surface area contributed by atoms with Gasteiger partial charge < -0.3 is 24.4 Å². The maximum atomic E-state index is 13.1. The highest BCUT2D eigenvalue weighted by Crippen LogP contribution is 2.41. The lowest BCUT2D eigenvalue weighted by molar-refractivity contribution is 0.174. The molecule has 176 valence electrons. The number of ether oxygens (including phenoxy) is 3. The number of fused-ring (bicyclic) bond motifs is 2. The minimum Gasteiger partial charge on any atom is -0.495 e. The number of para-hydroxylation sites is 2. The Bertz CT molecular complexity index is 1160. The third kappa shape index (κ3) is 4.02. The van der Waals surface area contributed by atoms with E-state index >= 15 is 0 Å². The fourth-order valence-electron chi connectivity index (χ4n) is 4.40. The Morgan fingerprint density at radius 3 is 2.52 bits per heavy atom. The summed E-state index contributed by atoms with van der Waals surface area (Å²) in [4.78, 5) is 17.1. The quantitative estimate of drug-likeness (QED) is 0.680. The number of carbonyl (C=O) groups excluding carboxylic acids is 1. The van der Waals surface area contributed by atoms with Crippen LogP contribution in [0.5, 0.6) is 17.2 Å². The second-order valence-corrected chi connectivity index (χ2v) is 9.89. The summed E-state index contributed by atoms with van der Waals surface area (Å²) in [5, 5.41) is 2.66. The fraction of sp³-hybridized carbons (Fsp3) is 0.409. The molecule has 0 saturated carbocycles. The van der Waals surface area contributed by atoms with Gasteiger partial charge in [-0.15, -0.1) is 0 Å². The predicted octanol–water partition coefficient (Wildman–Crippen LogP) is 2.17. The zero-order valence-corrected chi connectivity index (χ0v) is 19.1. The molecule has 11 heteroatoms. The molecule has 0 radical (unpaired) electrons. The van der Waals surface area contributed by atoms with Crippen molar-refractivity contribution in [3.05, 3.63) is 36.4 Å². The lowest BCUT2D eigenvalue weighted by Crippen LogP contribution is -2.48. The van der Waals surface area contributed by atoms with Crippen LogP contribution in [-0.2, 0) is 10.0 Å². The van der Waals surface area contributed by atoms with Crippen LogP contribution in [0.4, 0.5) is 16.2 Å². The van der Waals surface area contributed by atoms with Crippen molar-refractivity contribution >= 4 is 27.4 Å². The molecule has 0 spiro atoms. The Labute approximate surface area is 192 Å². The summed E-state index contributed by atoms with van der Waals surface area (Å²) in [6.45, 7) is 4.24. The van der Waals surface area contributed by atoms with Crippen LogP contribution >= 0.6 is 0 Å². The van der Waals surface area contributed by atoms with Crippen molar-refractivity contribution in [1.82, 2.24) is 9.21 Å². The lowest BCUT2D eigenvalue weighted by atomic mass is 10.2. The van der Waals surface area contributed by atoms with E-state index < -0.39 is 16.1 Å². The molecule has 2 aromatic carbocycles. The van der Waals surface area contributed by atoms with Crippen molar-refractivity contribution in [2.24, 2.45) is 0 Å². The van der Waals surface area contributed by atoms with Crippen LogP contribution in [0.3, 0.4) is 0 Å². The molecule has 0 atom stereocenters. The molecule has 0 aliphatic carbocycles. The van der Waals surface area contributed by atoms with Crippen molar-refractivity contribution in [2.45, 2.75) is 11.3 Å². The van der Waals surface area contributed by atoms with E-state index in [0.717, 1.165) is 41.9 Å². The number of benzene rings is 2. The van der Waals surface area contributed by atoms with E-state index in [9.17, 15) is 13.2 Å². The molecule has 2 aromatic rings. The van der Waals surface area contributed by atoms with Crippen LogP contribution in [0.1, 0.15) is 6.42 Å². The minimum atomic E-state index is -3.96. The van der Waals surface area contributed by atoms with E-state index in [1.807, 2.05) is 18.2 Å². The highest BCUT2D eigenvalue weighted by molar-refractivity contribution is 7.90. The second kappa shape index (κ2) is 8.64. The van der Waals surface area contributed by atoms with Gasteiger partial charge >= 0.3 is 6.03 Å². The fourth-order valence-corrected chi connectivity index (χ4v) is 5.92. The molecule has 2 amide bonds. The number of piperazine rings is 1. The Morgan fingerprint density at radius 2 is 1.76 bits per heavy atom.